The van der Waals surface area contributed by atoms with Crippen molar-refractivity contribution in [2.45, 2.75) is 30.6 Å². The maximum atomic E-state index is 9.20. The number of aliphatic hydroxyl groups excluding tert-OH is 4. The average molecular weight is 179 g/mol. The summed E-state index contributed by atoms with van der Waals surface area (Å²) in [5, 5.41) is 36.1. The normalized spacial score (nSPS) is 49.2. The lowest BCUT2D eigenvalue weighted by Gasteiger charge is -2.38. The van der Waals surface area contributed by atoms with Gasteiger partial charge in [0.05, 0.1) is 12.6 Å². The van der Waals surface area contributed by atoms with Crippen molar-refractivity contribution in [2.24, 2.45) is 5.73 Å². The lowest BCUT2D eigenvalue weighted by Crippen LogP contribution is -2.61. The van der Waals surface area contributed by atoms with Gasteiger partial charge in [-0.2, -0.15) is 0 Å². The maximum absolute atomic E-state index is 9.20. The summed E-state index contributed by atoms with van der Waals surface area (Å²) in [7, 11) is 0. The third kappa shape index (κ3) is 1.58. The molecule has 0 amide bonds. The number of ether oxygens (including phenoxy) is 1. The van der Waals surface area contributed by atoms with Crippen LogP contribution in [0.1, 0.15) is 0 Å². The zero-order chi connectivity index (χ0) is 9.30. The second-order valence-electron chi connectivity index (χ2n) is 2.81. The van der Waals surface area contributed by atoms with Crippen LogP contribution >= 0.6 is 0 Å². The summed E-state index contributed by atoms with van der Waals surface area (Å²) in [4.78, 5) is 0. The van der Waals surface area contributed by atoms with E-state index in [9.17, 15) is 10.2 Å². The predicted molar refractivity (Wildman–Crippen MR) is 38.0 cm³/mol. The van der Waals surface area contributed by atoms with Gasteiger partial charge in [0.15, 0.2) is 6.29 Å². The third-order valence-electron chi connectivity index (χ3n) is 1.95. The lowest BCUT2D eigenvalue weighted by atomic mass is 9.98. The van der Waals surface area contributed by atoms with E-state index in [1.807, 2.05) is 0 Å². The Morgan fingerprint density at radius 1 is 1.17 bits per heavy atom. The molecule has 0 spiro atoms. The van der Waals surface area contributed by atoms with Crippen LogP contribution in [0.4, 0.5) is 0 Å². The minimum atomic E-state index is -1.35. The van der Waals surface area contributed by atoms with Gasteiger partial charge in [0.1, 0.15) is 18.3 Å². The van der Waals surface area contributed by atoms with Crippen molar-refractivity contribution in [2.75, 3.05) is 6.61 Å². The molecule has 1 rings (SSSR count). The smallest absolute Gasteiger partial charge is 0.173 e. The van der Waals surface area contributed by atoms with Crippen molar-refractivity contribution < 1.29 is 25.2 Å². The largest absolute Gasteiger partial charge is 0.394 e. The molecule has 0 bridgehead atoms. The molecule has 1 saturated heterocycles. The minimum Gasteiger partial charge on any atom is -0.394 e. The van der Waals surface area contributed by atoms with Crippen molar-refractivity contribution >= 4 is 0 Å². The summed E-state index contributed by atoms with van der Waals surface area (Å²) < 4.78 is 4.70. The van der Waals surface area contributed by atoms with Gasteiger partial charge in [0, 0.05) is 0 Å². The van der Waals surface area contributed by atoms with Gasteiger partial charge in [-0.05, 0) is 0 Å². The van der Waals surface area contributed by atoms with Crippen molar-refractivity contribution in [1.82, 2.24) is 0 Å². The molecule has 5 atom stereocenters. The van der Waals surface area contributed by atoms with Crippen LogP contribution in [-0.2, 0) is 4.74 Å². The molecular formula is C6H13NO5. The first-order valence-corrected chi connectivity index (χ1v) is 3.64. The van der Waals surface area contributed by atoms with E-state index in [2.05, 4.69) is 0 Å². The van der Waals surface area contributed by atoms with Gasteiger partial charge in [0.2, 0.25) is 0 Å². The van der Waals surface area contributed by atoms with Crippen LogP contribution in [0.3, 0.4) is 0 Å². The van der Waals surface area contributed by atoms with Gasteiger partial charge in [-0.15, -0.1) is 0 Å². The van der Waals surface area contributed by atoms with Gasteiger partial charge >= 0.3 is 0 Å². The average Bonchev–Trinajstić information content (AvgIpc) is 2.08. The highest BCUT2D eigenvalue weighted by atomic mass is 16.6. The number of nitrogens with two attached hydrogens (primary N) is 1. The first kappa shape index (κ1) is 9.85. The Bertz CT molecular complexity index is 150. The van der Waals surface area contributed by atoms with Gasteiger partial charge in [-0.3, -0.25) is 0 Å². The van der Waals surface area contributed by atoms with Crippen LogP contribution in [0.2, 0.25) is 0 Å². The Kier molecular flexibility index (Phi) is 2.99. The fourth-order valence-corrected chi connectivity index (χ4v) is 1.12. The molecule has 0 unspecified atom stereocenters. The summed E-state index contributed by atoms with van der Waals surface area (Å²) in [6.07, 6.45) is -4.85. The van der Waals surface area contributed by atoms with Crippen LogP contribution in [-0.4, -0.2) is 57.7 Å². The second kappa shape index (κ2) is 3.65. The second-order valence-corrected chi connectivity index (χ2v) is 2.81. The van der Waals surface area contributed by atoms with Crippen LogP contribution in [0.25, 0.3) is 0 Å². The number of hydrogen-bond donors (Lipinski definition) is 5. The number of hydrogen-bond acceptors (Lipinski definition) is 6. The highest BCUT2D eigenvalue weighted by Crippen LogP contribution is 2.17. The summed E-state index contributed by atoms with van der Waals surface area (Å²) in [5.74, 6) is 0. The Morgan fingerprint density at radius 2 is 1.75 bits per heavy atom. The van der Waals surface area contributed by atoms with Crippen molar-refractivity contribution in [3.8, 4) is 0 Å². The molecule has 1 aliphatic rings. The Labute approximate surface area is 69.2 Å². The molecule has 0 radical (unpaired) electrons. The van der Waals surface area contributed by atoms with E-state index in [0.717, 1.165) is 0 Å². The Balaban J connectivity index is 2.63. The molecule has 72 valence electrons. The van der Waals surface area contributed by atoms with E-state index in [-0.39, 0.29) is 0 Å². The molecule has 1 aliphatic heterocycles. The highest BCUT2D eigenvalue weighted by Gasteiger charge is 2.41. The van der Waals surface area contributed by atoms with Crippen LogP contribution in [0, 0.1) is 0 Å². The third-order valence-corrected chi connectivity index (χ3v) is 1.95. The highest BCUT2D eigenvalue weighted by molar-refractivity contribution is 4.90. The molecule has 0 saturated carbocycles. The zero-order valence-corrected chi connectivity index (χ0v) is 6.37. The molecule has 1 fully saturated rings. The van der Waals surface area contributed by atoms with Crippen LogP contribution in [0.5, 0.6) is 0 Å². The molecule has 6 heteroatoms. The van der Waals surface area contributed by atoms with Gasteiger partial charge in [0.25, 0.3) is 0 Å². The Hall–Kier alpha value is -0.240. The fourth-order valence-electron chi connectivity index (χ4n) is 1.12. The first-order chi connectivity index (χ1) is 5.57. The monoisotopic (exact) mass is 179 g/mol. The van der Waals surface area contributed by atoms with E-state index in [1.165, 1.54) is 0 Å². The maximum Gasteiger partial charge on any atom is 0.173 e. The van der Waals surface area contributed by atoms with Gasteiger partial charge in [-0.25, -0.2) is 0 Å². The predicted octanol–water partition coefficient (Wildman–Crippen LogP) is -3.26. The summed E-state index contributed by atoms with van der Waals surface area (Å²) in [5.41, 5.74) is 5.26. The van der Waals surface area contributed by atoms with Crippen LogP contribution in [0.15, 0.2) is 0 Å². The summed E-state index contributed by atoms with van der Waals surface area (Å²) in [6, 6.07) is -1.04. The molecule has 0 aromatic heterocycles. The van der Waals surface area contributed by atoms with E-state index < -0.39 is 37.3 Å². The van der Waals surface area contributed by atoms with Crippen molar-refractivity contribution in [3.63, 3.8) is 0 Å². The lowest BCUT2D eigenvalue weighted by molar-refractivity contribution is -0.248. The van der Waals surface area contributed by atoms with E-state index in [0.29, 0.717) is 0 Å². The molecule has 6 N–H and O–H groups in total. The standard InChI is InChI=1S/C6H13NO5/c7-3-5(10)4(9)2(1-8)12-6(3)11/h2-6,8-11H,1,7H2/t2-,3-,4-,5-,6-/m0/s1. The molecule has 6 nitrogen and oxygen atoms in total. The molecule has 0 aromatic carbocycles. The summed E-state index contributed by atoms with van der Waals surface area (Å²) >= 11 is 0. The minimum absolute atomic E-state index is 0.470. The Morgan fingerprint density at radius 3 is 2.25 bits per heavy atom. The first-order valence-electron chi connectivity index (χ1n) is 3.64. The topological polar surface area (TPSA) is 116 Å². The van der Waals surface area contributed by atoms with E-state index >= 15 is 0 Å². The summed E-state index contributed by atoms with van der Waals surface area (Å²) in [6.45, 7) is -0.470. The number of rotatable bonds is 1. The molecule has 0 aromatic rings. The van der Waals surface area contributed by atoms with Gasteiger partial charge in [-0.1, -0.05) is 0 Å². The quantitative estimate of drug-likeness (QED) is 0.288. The SMILES string of the molecule is N[C@H]1[C@H](O)[C@@H](O)[C@H](CO)O[C@@H]1O. The fraction of sp³-hybridized carbons (Fsp3) is 1.00. The molecular weight excluding hydrogens is 166 g/mol. The van der Waals surface area contributed by atoms with Crippen molar-refractivity contribution in [1.29, 1.82) is 0 Å². The van der Waals surface area contributed by atoms with Crippen molar-refractivity contribution in [3.05, 3.63) is 0 Å². The molecule has 0 aliphatic carbocycles. The zero-order valence-electron chi connectivity index (χ0n) is 6.37. The molecule has 1 heterocycles. The van der Waals surface area contributed by atoms with Crippen LogP contribution < -0.4 is 5.73 Å². The van der Waals surface area contributed by atoms with E-state index in [4.69, 9.17) is 20.7 Å². The number of aliphatic hydroxyl groups is 4. The van der Waals surface area contributed by atoms with E-state index in [1.54, 1.807) is 0 Å². The van der Waals surface area contributed by atoms with Gasteiger partial charge < -0.3 is 30.9 Å². The molecule has 12 heavy (non-hydrogen) atoms.